The molecule has 0 bridgehead atoms. The molecule has 1 fully saturated rings. The molecule has 0 saturated carbocycles. The fourth-order valence-corrected chi connectivity index (χ4v) is 4.72. The van der Waals surface area contributed by atoms with Crippen LogP contribution in [0.2, 0.25) is 0 Å². The molecule has 6 heteroatoms. The molecule has 6 nitrogen and oxygen atoms in total. The standard InChI is InChI=1S/C23H30N4O2/c1-24-23(29)21-11-10-19(25(21)2)20-9-5-6-13-26(20)16-22(28)27-14-12-17-7-3-4-8-18(17)15-27/h3-4,7-8,10-11,20H,5-6,9,12-16H2,1-2H3,(H,24,29)/t20-/m0/s1. The molecular formula is C23H30N4O2. The third kappa shape index (κ3) is 3.94. The summed E-state index contributed by atoms with van der Waals surface area (Å²) in [5.74, 6) is 0.122. The molecular weight excluding hydrogens is 364 g/mol. The fourth-order valence-electron chi connectivity index (χ4n) is 4.72. The van der Waals surface area contributed by atoms with Crippen molar-refractivity contribution in [3.63, 3.8) is 0 Å². The van der Waals surface area contributed by atoms with Crippen LogP contribution < -0.4 is 5.32 Å². The van der Waals surface area contributed by atoms with Gasteiger partial charge in [-0.1, -0.05) is 30.7 Å². The quantitative estimate of drug-likeness (QED) is 0.867. The lowest BCUT2D eigenvalue weighted by atomic mass is 9.98. The Morgan fingerprint density at radius 1 is 1.07 bits per heavy atom. The number of nitrogens with one attached hydrogen (secondary N) is 1. The van der Waals surface area contributed by atoms with Crippen molar-refractivity contribution in [3.05, 3.63) is 58.9 Å². The number of amides is 2. The summed E-state index contributed by atoms with van der Waals surface area (Å²) in [6, 6.07) is 12.5. The summed E-state index contributed by atoms with van der Waals surface area (Å²) >= 11 is 0. The Balaban J connectivity index is 1.48. The van der Waals surface area contributed by atoms with Crippen molar-refractivity contribution in [2.75, 3.05) is 26.7 Å². The summed E-state index contributed by atoms with van der Waals surface area (Å²) < 4.78 is 1.98. The van der Waals surface area contributed by atoms with Crippen molar-refractivity contribution in [1.29, 1.82) is 0 Å². The van der Waals surface area contributed by atoms with Crippen molar-refractivity contribution in [2.24, 2.45) is 7.05 Å². The molecule has 2 aliphatic rings. The molecule has 0 radical (unpaired) electrons. The maximum atomic E-state index is 13.1. The van der Waals surface area contributed by atoms with Gasteiger partial charge in [0.05, 0.1) is 12.6 Å². The number of piperidine rings is 1. The van der Waals surface area contributed by atoms with Gasteiger partial charge in [-0.2, -0.15) is 0 Å². The van der Waals surface area contributed by atoms with E-state index in [-0.39, 0.29) is 17.9 Å². The van der Waals surface area contributed by atoms with E-state index in [0.717, 1.165) is 44.5 Å². The molecule has 1 aromatic heterocycles. The molecule has 2 aliphatic heterocycles. The topological polar surface area (TPSA) is 57.6 Å². The molecule has 1 aromatic carbocycles. The highest BCUT2D eigenvalue weighted by Crippen LogP contribution is 2.32. The van der Waals surface area contributed by atoms with E-state index in [1.165, 1.54) is 11.1 Å². The number of aromatic nitrogens is 1. The van der Waals surface area contributed by atoms with Crippen LogP contribution >= 0.6 is 0 Å². The van der Waals surface area contributed by atoms with E-state index in [0.29, 0.717) is 18.8 Å². The van der Waals surface area contributed by atoms with Crippen LogP contribution in [0.3, 0.4) is 0 Å². The Hall–Kier alpha value is -2.60. The second kappa shape index (κ2) is 8.41. The minimum absolute atomic E-state index is 0.0795. The third-order valence-electron chi connectivity index (χ3n) is 6.40. The summed E-state index contributed by atoms with van der Waals surface area (Å²) in [4.78, 5) is 29.5. The largest absolute Gasteiger partial charge is 0.354 e. The lowest BCUT2D eigenvalue weighted by Gasteiger charge is -2.37. The summed E-state index contributed by atoms with van der Waals surface area (Å²) in [6.07, 6.45) is 4.20. The predicted octanol–water partition coefficient (Wildman–Crippen LogP) is 2.50. The van der Waals surface area contributed by atoms with Gasteiger partial charge >= 0.3 is 0 Å². The van der Waals surface area contributed by atoms with E-state index in [9.17, 15) is 9.59 Å². The zero-order chi connectivity index (χ0) is 20.4. The van der Waals surface area contributed by atoms with E-state index >= 15 is 0 Å². The molecule has 1 N–H and O–H groups in total. The van der Waals surface area contributed by atoms with E-state index in [2.05, 4.69) is 28.4 Å². The van der Waals surface area contributed by atoms with Crippen LogP contribution in [0.5, 0.6) is 0 Å². The first-order chi connectivity index (χ1) is 14.1. The first-order valence-electron chi connectivity index (χ1n) is 10.5. The minimum Gasteiger partial charge on any atom is -0.354 e. The summed E-state index contributed by atoms with van der Waals surface area (Å²) in [7, 11) is 3.59. The smallest absolute Gasteiger partial charge is 0.267 e. The first-order valence-corrected chi connectivity index (χ1v) is 10.5. The molecule has 154 valence electrons. The van der Waals surface area contributed by atoms with Gasteiger partial charge in [0.1, 0.15) is 5.69 Å². The Morgan fingerprint density at radius 3 is 2.66 bits per heavy atom. The molecule has 0 unspecified atom stereocenters. The van der Waals surface area contributed by atoms with Crippen LogP contribution in [0.15, 0.2) is 36.4 Å². The number of fused-ring (bicyclic) bond motifs is 1. The lowest BCUT2D eigenvalue weighted by molar-refractivity contribution is -0.134. The van der Waals surface area contributed by atoms with Gasteiger partial charge in [-0.15, -0.1) is 0 Å². The molecule has 2 aromatic rings. The number of nitrogens with zero attached hydrogens (tertiary/aromatic N) is 3. The van der Waals surface area contributed by atoms with Gasteiger partial charge in [0, 0.05) is 32.9 Å². The van der Waals surface area contributed by atoms with Crippen molar-refractivity contribution in [3.8, 4) is 0 Å². The number of likely N-dealkylation sites (tertiary alicyclic amines) is 1. The number of carbonyl (C=O) groups is 2. The molecule has 1 atom stereocenters. The number of carbonyl (C=O) groups excluding carboxylic acids is 2. The highest BCUT2D eigenvalue weighted by molar-refractivity contribution is 5.92. The highest BCUT2D eigenvalue weighted by atomic mass is 16.2. The second-order valence-electron chi connectivity index (χ2n) is 8.10. The SMILES string of the molecule is CNC(=O)c1ccc([C@@H]2CCCCN2CC(=O)N2CCc3ccccc3C2)n1C. The van der Waals surface area contributed by atoms with Crippen molar-refractivity contribution >= 4 is 11.8 Å². The Morgan fingerprint density at radius 2 is 1.86 bits per heavy atom. The summed E-state index contributed by atoms with van der Waals surface area (Å²) in [5.41, 5.74) is 4.39. The van der Waals surface area contributed by atoms with Crippen molar-refractivity contribution in [1.82, 2.24) is 19.7 Å². The average molecular weight is 395 g/mol. The van der Waals surface area contributed by atoms with Crippen LogP contribution in [0.1, 0.15) is 52.6 Å². The highest BCUT2D eigenvalue weighted by Gasteiger charge is 2.30. The summed E-state index contributed by atoms with van der Waals surface area (Å²) in [6.45, 7) is 2.85. The molecule has 3 heterocycles. The van der Waals surface area contributed by atoms with E-state index in [4.69, 9.17) is 0 Å². The Labute approximate surface area is 172 Å². The molecule has 2 amide bonds. The lowest BCUT2D eigenvalue weighted by Crippen LogP contribution is -2.45. The average Bonchev–Trinajstić information content (AvgIpc) is 3.14. The zero-order valence-electron chi connectivity index (χ0n) is 17.4. The molecule has 4 rings (SSSR count). The third-order valence-corrected chi connectivity index (χ3v) is 6.40. The van der Waals surface area contributed by atoms with E-state index in [1.54, 1.807) is 7.05 Å². The van der Waals surface area contributed by atoms with Gasteiger partial charge in [-0.25, -0.2) is 0 Å². The predicted molar refractivity (Wildman–Crippen MR) is 113 cm³/mol. The molecule has 1 saturated heterocycles. The van der Waals surface area contributed by atoms with Crippen molar-refractivity contribution in [2.45, 2.75) is 38.3 Å². The van der Waals surface area contributed by atoms with Gasteiger partial charge < -0.3 is 14.8 Å². The minimum atomic E-state index is -0.0795. The van der Waals surface area contributed by atoms with E-state index < -0.39 is 0 Å². The number of rotatable bonds is 4. The van der Waals surface area contributed by atoms with Crippen LogP contribution in [-0.2, 0) is 24.8 Å². The first kappa shape index (κ1) is 19.7. The van der Waals surface area contributed by atoms with Gasteiger partial charge in [-0.3, -0.25) is 14.5 Å². The zero-order valence-corrected chi connectivity index (χ0v) is 17.4. The Bertz CT molecular complexity index is 904. The second-order valence-corrected chi connectivity index (χ2v) is 8.10. The summed E-state index contributed by atoms with van der Waals surface area (Å²) in [5, 5.41) is 2.70. The monoisotopic (exact) mass is 394 g/mol. The number of hydrogen-bond donors (Lipinski definition) is 1. The fraction of sp³-hybridized carbons (Fsp3) is 0.478. The van der Waals surface area contributed by atoms with Crippen LogP contribution in [0, 0.1) is 0 Å². The number of benzene rings is 1. The van der Waals surface area contributed by atoms with Crippen LogP contribution in [0.25, 0.3) is 0 Å². The number of hydrogen-bond acceptors (Lipinski definition) is 3. The van der Waals surface area contributed by atoms with Crippen molar-refractivity contribution < 1.29 is 9.59 Å². The maximum absolute atomic E-state index is 13.1. The van der Waals surface area contributed by atoms with Crippen LogP contribution in [-0.4, -0.2) is 52.9 Å². The maximum Gasteiger partial charge on any atom is 0.267 e. The van der Waals surface area contributed by atoms with Gasteiger partial charge in [0.2, 0.25) is 5.91 Å². The van der Waals surface area contributed by atoms with Gasteiger partial charge in [0.25, 0.3) is 5.91 Å². The van der Waals surface area contributed by atoms with Gasteiger partial charge in [-0.05, 0) is 49.1 Å². The van der Waals surface area contributed by atoms with Gasteiger partial charge in [0.15, 0.2) is 0 Å². The molecule has 0 spiro atoms. The normalized spacial score (nSPS) is 19.7. The molecule has 29 heavy (non-hydrogen) atoms. The van der Waals surface area contributed by atoms with Crippen LogP contribution in [0.4, 0.5) is 0 Å². The van der Waals surface area contributed by atoms with E-state index in [1.807, 2.05) is 34.7 Å². The molecule has 0 aliphatic carbocycles. The Kier molecular flexibility index (Phi) is 5.72.